The second-order valence-electron chi connectivity index (χ2n) is 5.15. The summed E-state index contributed by atoms with van der Waals surface area (Å²) in [6.07, 6.45) is 1.83. The fourth-order valence-corrected chi connectivity index (χ4v) is 2.35. The zero-order valence-electron chi connectivity index (χ0n) is 12.5. The molecule has 4 aromatic rings. The molecule has 7 nitrogen and oxygen atoms in total. The summed E-state index contributed by atoms with van der Waals surface area (Å²) in [7, 11) is 0. The molecule has 2 heterocycles. The number of nitrogens with zero attached hydrogens (tertiary/aromatic N) is 2. The van der Waals surface area contributed by atoms with Gasteiger partial charge in [0.05, 0.1) is 0 Å². The molecule has 2 aromatic heterocycles. The van der Waals surface area contributed by atoms with Crippen molar-refractivity contribution in [1.29, 1.82) is 0 Å². The van der Waals surface area contributed by atoms with Gasteiger partial charge in [0.2, 0.25) is 5.82 Å². The topological polar surface area (TPSA) is 95.8 Å². The number of carbonyl (C=O) groups is 1. The highest BCUT2D eigenvalue weighted by Gasteiger charge is 2.10. The normalized spacial score (nSPS) is 10.7. The lowest BCUT2D eigenvalue weighted by molar-refractivity contribution is 0.0961. The van der Waals surface area contributed by atoms with Gasteiger partial charge < -0.3 is 9.51 Å². The molecule has 0 aliphatic heterocycles. The zero-order valence-corrected chi connectivity index (χ0v) is 12.5. The standard InChI is InChI=1S/C17H13N5O2/c23-16(13-7-6-11-8-9-18-14(11)10-13)20-21-17-19-15(22-24-17)12-4-2-1-3-5-12/h1-10,18H,(H,20,23)(H,19,21,22). The molecule has 1 amide bonds. The Labute approximate surface area is 136 Å². The third-order valence-electron chi connectivity index (χ3n) is 3.56. The molecule has 118 valence electrons. The fourth-order valence-electron chi connectivity index (χ4n) is 2.35. The van der Waals surface area contributed by atoms with Gasteiger partial charge in [0.1, 0.15) is 0 Å². The van der Waals surface area contributed by atoms with E-state index in [1.165, 1.54) is 0 Å². The van der Waals surface area contributed by atoms with Crippen LogP contribution in [-0.2, 0) is 0 Å². The van der Waals surface area contributed by atoms with Crippen LogP contribution >= 0.6 is 0 Å². The van der Waals surface area contributed by atoms with E-state index in [9.17, 15) is 4.79 Å². The molecule has 4 rings (SSSR count). The minimum atomic E-state index is -0.300. The lowest BCUT2D eigenvalue weighted by Crippen LogP contribution is -2.29. The number of aromatic nitrogens is 3. The molecule has 0 aliphatic carbocycles. The Morgan fingerprint density at radius 1 is 1.08 bits per heavy atom. The summed E-state index contributed by atoms with van der Waals surface area (Å²) >= 11 is 0. The number of benzene rings is 2. The van der Waals surface area contributed by atoms with Crippen LogP contribution in [0.15, 0.2) is 65.3 Å². The molecule has 0 unspecified atom stereocenters. The van der Waals surface area contributed by atoms with Crippen molar-refractivity contribution in [3.8, 4) is 11.4 Å². The summed E-state index contributed by atoms with van der Waals surface area (Å²) in [4.78, 5) is 19.4. The summed E-state index contributed by atoms with van der Waals surface area (Å²) in [5, 5.41) is 4.91. The van der Waals surface area contributed by atoms with E-state index in [4.69, 9.17) is 4.52 Å². The highest BCUT2D eigenvalue weighted by atomic mass is 16.5. The third-order valence-corrected chi connectivity index (χ3v) is 3.56. The van der Waals surface area contributed by atoms with Crippen LogP contribution in [-0.4, -0.2) is 21.0 Å². The summed E-state index contributed by atoms with van der Waals surface area (Å²) < 4.78 is 5.07. The number of carbonyl (C=O) groups excluding carboxylic acids is 1. The SMILES string of the molecule is O=C(NNc1nc(-c2ccccc2)no1)c1ccc2cc[nH]c2c1. The Kier molecular flexibility index (Phi) is 3.43. The van der Waals surface area contributed by atoms with Gasteiger partial charge in [0, 0.05) is 22.8 Å². The third kappa shape index (κ3) is 2.70. The number of rotatable bonds is 4. The Hall–Kier alpha value is -3.61. The predicted octanol–water partition coefficient (Wildman–Crippen LogP) is 2.97. The quantitative estimate of drug-likeness (QED) is 0.503. The van der Waals surface area contributed by atoms with E-state index in [2.05, 4.69) is 26.0 Å². The van der Waals surface area contributed by atoms with Crippen molar-refractivity contribution in [2.45, 2.75) is 0 Å². The lowest BCUT2D eigenvalue weighted by atomic mass is 10.1. The predicted molar refractivity (Wildman–Crippen MR) is 89.1 cm³/mol. The molecule has 0 spiro atoms. The first-order chi connectivity index (χ1) is 11.8. The van der Waals surface area contributed by atoms with Gasteiger partial charge in [0.15, 0.2) is 0 Å². The average molecular weight is 319 g/mol. The number of hydrazine groups is 1. The molecule has 0 atom stereocenters. The molecule has 0 fully saturated rings. The molecule has 3 N–H and O–H groups in total. The number of anilines is 1. The smallest absolute Gasteiger partial charge is 0.340 e. The molecule has 0 bridgehead atoms. The maximum atomic E-state index is 12.2. The molecule has 7 heteroatoms. The van der Waals surface area contributed by atoms with Gasteiger partial charge in [-0.3, -0.25) is 10.2 Å². The van der Waals surface area contributed by atoms with Crippen LogP contribution in [0.5, 0.6) is 0 Å². The molecule has 2 aromatic carbocycles. The van der Waals surface area contributed by atoms with E-state index in [0.717, 1.165) is 16.5 Å². The van der Waals surface area contributed by atoms with E-state index < -0.39 is 0 Å². The van der Waals surface area contributed by atoms with Crippen molar-refractivity contribution in [2.24, 2.45) is 0 Å². The van der Waals surface area contributed by atoms with Crippen LogP contribution < -0.4 is 10.9 Å². The second-order valence-corrected chi connectivity index (χ2v) is 5.15. The fraction of sp³-hybridized carbons (Fsp3) is 0. The number of hydrogen-bond donors (Lipinski definition) is 3. The van der Waals surface area contributed by atoms with Crippen LogP contribution in [0.1, 0.15) is 10.4 Å². The Balaban J connectivity index is 1.45. The molecular formula is C17H13N5O2. The van der Waals surface area contributed by atoms with Crippen molar-refractivity contribution in [3.05, 3.63) is 66.4 Å². The van der Waals surface area contributed by atoms with Crippen LogP contribution in [0.2, 0.25) is 0 Å². The monoisotopic (exact) mass is 319 g/mol. The zero-order chi connectivity index (χ0) is 16.4. The Bertz CT molecular complexity index is 990. The van der Waals surface area contributed by atoms with Crippen molar-refractivity contribution in [1.82, 2.24) is 20.6 Å². The summed E-state index contributed by atoms with van der Waals surface area (Å²) in [6, 6.07) is 16.9. The van der Waals surface area contributed by atoms with Crippen molar-refractivity contribution < 1.29 is 9.32 Å². The second kappa shape index (κ2) is 5.88. The number of fused-ring (bicyclic) bond motifs is 1. The maximum Gasteiger partial charge on any atom is 0.340 e. The van der Waals surface area contributed by atoms with Crippen LogP contribution in [0.3, 0.4) is 0 Å². The highest BCUT2D eigenvalue weighted by Crippen LogP contribution is 2.17. The van der Waals surface area contributed by atoms with Gasteiger partial charge in [-0.15, -0.1) is 0 Å². The van der Waals surface area contributed by atoms with E-state index in [1.54, 1.807) is 12.1 Å². The molecule has 24 heavy (non-hydrogen) atoms. The number of amides is 1. The van der Waals surface area contributed by atoms with Crippen molar-refractivity contribution in [2.75, 3.05) is 5.43 Å². The molecule has 0 aliphatic rings. The van der Waals surface area contributed by atoms with Gasteiger partial charge in [-0.05, 0) is 23.6 Å². The minimum Gasteiger partial charge on any atom is -0.361 e. The molecule has 0 radical (unpaired) electrons. The average Bonchev–Trinajstić information content (AvgIpc) is 3.29. The van der Waals surface area contributed by atoms with Crippen LogP contribution in [0, 0.1) is 0 Å². The summed E-state index contributed by atoms with van der Waals surface area (Å²) in [5.41, 5.74) is 7.40. The van der Waals surface area contributed by atoms with E-state index in [-0.39, 0.29) is 11.9 Å². The van der Waals surface area contributed by atoms with E-state index in [0.29, 0.717) is 11.4 Å². The molecular weight excluding hydrogens is 306 g/mol. The minimum absolute atomic E-state index is 0.114. The van der Waals surface area contributed by atoms with Crippen LogP contribution in [0.25, 0.3) is 22.3 Å². The van der Waals surface area contributed by atoms with Gasteiger partial charge >= 0.3 is 6.01 Å². The Morgan fingerprint density at radius 3 is 2.83 bits per heavy atom. The maximum absolute atomic E-state index is 12.2. The summed E-state index contributed by atoms with van der Waals surface area (Å²) in [6.45, 7) is 0. The lowest BCUT2D eigenvalue weighted by Gasteiger charge is -2.04. The number of nitrogens with one attached hydrogen (secondary N) is 3. The summed E-state index contributed by atoms with van der Waals surface area (Å²) in [5.74, 6) is 0.145. The number of H-pyrrole nitrogens is 1. The van der Waals surface area contributed by atoms with Gasteiger partial charge in [0.25, 0.3) is 5.91 Å². The molecule has 0 saturated heterocycles. The van der Waals surface area contributed by atoms with Crippen LogP contribution in [0.4, 0.5) is 6.01 Å². The van der Waals surface area contributed by atoms with E-state index in [1.807, 2.05) is 48.7 Å². The van der Waals surface area contributed by atoms with E-state index >= 15 is 0 Å². The van der Waals surface area contributed by atoms with Crippen molar-refractivity contribution in [3.63, 3.8) is 0 Å². The highest BCUT2D eigenvalue weighted by molar-refractivity contribution is 5.98. The van der Waals surface area contributed by atoms with Gasteiger partial charge in [-0.1, -0.05) is 41.6 Å². The number of aromatic amines is 1. The first-order valence-electron chi connectivity index (χ1n) is 7.32. The van der Waals surface area contributed by atoms with Gasteiger partial charge in [-0.25, -0.2) is 5.43 Å². The first kappa shape index (κ1) is 14.0. The first-order valence-corrected chi connectivity index (χ1v) is 7.32. The van der Waals surface area contributed by atoms with Gasteiger partial charge in [-0.2, -0.15) is 4.98 Å². The largest absolute Gasteiger partial charge is 0.361 e. The molecule has 0 saturated carbocycles. The Morgan fingerprint density at radius 2 is 1.96 bits per heavy atom. The van der Waals surface area contributed by atoms with Crippen molar-refractivity contribution >= 4 is 22.8 Å². The number of hydrogen-bond acceptors (Lipinski definition) is 5.